The molecule has 17 heavy (non-hydrogen) atoms. The molecule has 0 spiro atoms. The number of carbonyl (C=O) groups is 2. The van der Waals surface area contributed by atoms with Gasteiger partial charge in [0.1, 0.15) is 5.41 Å². The van der Waals surface area contributed by atoms with Crippen LogP contribution in [0.5, 0.6) is 0 Å². The largest absolute Gasteiger partial charge is 0.480 e. The molecule has 0 aliphatic rings. The van der Waals surface area contributed by atoms with Crippen LogP contribution in [0.4, 0.5) is 0 Å². The van der Waals surface area contributed by atoms with Gasteiger partial charge in [0.25, 0.3) is 0 Å². The van der Waals surface area contributed by atoms with Crippen LogP contribution in [0.2, 0.25) is 0 Å². The molecule has 0 saturated heterocycles. The van der Waals surface area contributed by atoms with Crippen molar-refractivity contribution in [2.45, 2.75) is 20.3 Å². The second-order valence-corrected chi connectivity index (χ2v) is 4.12. The third-order valence-corrected chi connectivity index (χ3v) is 2.42. The molecule has 1 N–H and O–H groups in total. The summed E-state index contributed by atoms with van der Waals surface area (Å²) >= 11 is 0. The lowest BCUT2D eigenvalue weighted by Gasteiger charge is -2.28. The summed E-state index contributed by atoms with van der Waals surface area (Å²) < 4.78 is 4.85. The van der Waals surface area contributed by atoms with Crippen LogP contribution in [0.1, 0.15) is 20.3 Å². The number of aliphatic carboxylic acids is 1. The molecule has 0 aromatic heterocycles. The lowest BCUT2D eigenvalue weighted by atomic mass is 9.91. The monoisotopic (exact) mass is 242 g/mol. The van der Waals surface area contributed by atoms with Crippen LogP contribution in [0.3, 0.4) is 0 Å². The standard InChI is InChI=1S/C11H18N2O4/c1-11(2,10(15)16)9(14)13(6-4-5-12)7-8-17-3/h4,6-8H2,1-3H3,(H,15,16). The first-order valence-electron chi connectivity index (χ1n) is 5.26. The quantitative estimate of drug-likeness (QED) is 0.656. The van der Waals surface area contributed by atoms with Gasteiger partial charge in [-0.1, -0.05) is 0 Å². The van der Waals surface area contributed by atoms with E-state index < -0.39 is 17.3 Å². The smallest absolute Gasteiger partial charge is 0.318 e. The molecule has 0 aromatic carbocycles. The van der Waals surface area contributed by atoms with Crippen LogP contribution in [-0.2, 0) is 14.3 Å². The fourth-order valence-corrected chi connectivity index (χ4v) is 1.19. The van der Waals surface area contributed by atoms with Crippen LogP contribution in [0.15, 0.2) is 0 Å². The Hall–Kier alpha value is -1.61. The third kappa shape index (κ3) is 4.41. The van der Waals surface area contributed by atoms with Gasteiger partial charge in [-0.05, 0) is 13.8 Å². The second-order valence-electron chi connectivity index (χ2n) is 4.12. The summed E-state index contributed by atoms with van der Waals surface area (Å²) in [6.45, 7) is 3.52. The van der Waals surface area contributed by atoms with Gasteiger partial charge in [0.15, 0.2) is 0 Å². The van der Waals surface area contributed by atoms with E-state index in [0.29, 0.717) is 6.61 Å². The predicted octanol–water partition coefficient (Wildman–Crippen LogP) is 0.486. The summed E-state index contributed by atoms with van der Waals surface area (Å²) in [5.41, 5.74) is -1.48. The molecular weight excluding hydrogens is 224 g/mol. The summed E-state index contributed by atoms with van der Waals surface area (Å²) in [7, 11) is 1.50. The maximum atomic E-state index is 12.0. The highest BCUT2D eigenvalue weighted by Crippen LogP contribution is 2.19. The Kier molecular flexibility index (Phi) is 6.21. The fourth-order valence-electron chi connectivity index (χ4n) is 1.19. The molecule has 6 nitrogen and oxygen atoms in total. The number of carboxylic acid groups (broad SMARTS) is 1. The number of hydrogen-bond acceptors (Lipinski definition) is 4. The van der Waals surface area contributed by atoms with Gasteiger partial charge in [0, 0.05) is 20.2 Å². The average Bonchev–Trinajstić information content (AvgIpc) is 2.28. The number of amides is 1. The van der Waals surface area contributed by atoms with E-state index in [2.05, 4.69) is 0 Å². The molecule has 6 heteroatoms. The summed E-state index contributed by atoms with van der Waals surface area (Å²) in [5.74, 6) is -1.68. The minimum absolute atomic E-state index is 0.172. The molecule has 0 atom stereocenters. The Labute approximate surface area is 101 Å². The molecule has 0 radical (unpaired) electrons. The molecule has 96 valence electrons. The Morgan fingerprint density at radius 3 is 2.41 bits per heavy atom. The summed E-state index contributed by atoms with van der Waals surface area (Å²) in [5, 5.41) is 17.5. The van der Waals surface area contributed by atoms with Crippen molar-refractivity contribution in [3.05, 3.63) is 0 Å². The Balaban J connectivity index is 4.73. The van der Waals surface area contributed by atoms with Gasteiger partial charge in [-0.15, -0.1) is 0 Å². The average molecular weight is 242 g/mol. The van der Waals surface area contributed by atoms with Crippen LogP contribution >= 0.6 is 0 Å². The van der Waals surface area contributed by atoms with E-state index >= 15 is 0 Å². The second kappa shape index (κ2) is 6.86. The van der Waals surface area contributed by atoms with Crippen molar-refractivity contribution in [2.24, 2.45) is 5.41 Å². The van der Waals surface area contributed by atoms with Crippen LogP contribution in [-0.4, -0.2) is 48.7 Å². The molecule has 0 aliphatic heterocycles. The zero-order chi connectivity index (χ0) is 13.5. The van der Waals surface area contributed by atoms with Crippen molar-refractivity contribution in [3.8, 4) is 6.07 Å². The number of rotatable bonds is 7. The van der Waals surface area contributed by atoms with Crippen molar-refractivity contribution in [3.63, 3.8) is 0 Å². The zero-order valence-corrected chi connectivity index (χ0v) is 10.4. The predicted molar refractivity (Wildman–Crippen MR) is 60.1 cm³/mol. The van der Waals surface area contributed by atoms with E-state index in [-0.39, 0.29) is 19.5 Å². The Bertz CT molecular complexity index is 320. The van der Waals surface area contributed by atoms with Crippen molar-refractivity contribution in [1.82, 2.24) is 4.90 Å². The van der Waals surface area contributed by atoms with E-state index in [1.807, 2.05) is 6.07 Å². The number of methoxy groups -OCH3 is 1. The minimum atomic E-state index is -1.48. The maximum absolute atomic E-state index is 12.0. The Morgan fingerprint density at radius 1 is 1.41 bits per heavy atom. The van der Waals surface area contributed by atoms with Gasteiger partial charge in [0.05, 0.1) is 19.1 Å². The highest BCUT2D eigenvalue weighted by Gasteiger charge is 2.38. The molecular formula is C11H18N2O4. The van der Waals surface area contributed by atoms with Crippen LogP contribution in [0, 0.1) is 16.7 Å². The molecule has 0 heterocycles. The van der Waals surface area contributed by atoms with Crippen molar-refractivity contribution in [2.75, 3.05) is 26.8 Å². The van der Waals surface area contributed by atoms with Crippen molar-refractivity contribution in [1.29, 1.82) is 5.26 Å². The molecule has 0 unspecified atom stereocenters. The summed E-state index contributed by atoms with van der Waals surface area (Å²) in [6, 6.07) is 1.93. The van der Waals surface area contributed by atoms with E-state index in [1.165, 1.54) is 25.9 Å². The van der Waals surface area contributed by atoms with E-state index in [1.54, 1.807) is 0 Å². The lowest BCUT2D eigenvalue weighted by molar-refractivity contribution is -0.158. The molecule has 0 fully saturated rings. The first-order chi connectivity index (χ1) is 7.87. The van der Waals surface area contributed by atoms with Crippen molar-refractivity contribution < 1.29 is 19.4 Å². The number of carbonyl (C=O) groups excluding carboxylic acids is 1. The molecule has 0 bridgehead atoms. The first-order valence-corrected chi connectivity index (χ1v) is 5.26. The zero-order valence-electron chi connectivity index (χ0n) is 10.4. The van der Waals surface area contributed by atoms with Gasteiger partial charge in [-0.25, -0.2) is 0 Å². The molecule has 0 rings (SSSR count). The normalized spacial score (nSPS) is 10.7. The molecule has 0 saturated carbocycles. The maximum Gasteiger partial charge on any atom is 0.318 e. The molecule has 0 aliphatic carbocycles. The SMILES string of the molecule is COCCN(CCC#N)C(=O)C(C)(C)C(=O)O. The highest BCUT2D eigenvalue weighted by atomic mass is 16.5. The summed E-state index contributed by atoms with van der Waals surface area (Å²) in [6.07, 6.45) is 0.172. The number of nitriles is 1. The van der Waals surface area contributed by atoms with E-state index in [0.717, 1.165) is 0 Å². The van der Waals surface area contributed by atoms with Crippen molar-refractivity contribution >= 4 is 11.9 Å². The number of carboxylic acids is 1. The number of ether oxygens (including phenoxy) is 1. The van der Waals surface area contributed by atoms with Gasteiger partial charge < -0.3 is 14.7 Å². The van der Waals surface area contributed by atoms with Crippen LogP contribution < -0.4 is 0 Å². The van der Waals surface area contributed by atoms with Gasteiger partial charge in [-0.3, -0.25) is 9.59 Å². The summed E-state index contributed by atoms with van der Waals surface area (Å²) in [4.78, 5) is 24.3. The highest BCUT2D eigenvalue weighted by molar-refractivity contribution is 6.00. The number of hydrogen-bond donors (Lipinski definition) is 1. The van der Waals surface area contributed by atoms with Crippen LogP contribution in [0.25, 0.3) is 0 Å². The molecule has 0 aromatic rings. The van der Waals surface area contributed by atoms with E-state index in [4.69, 9.17) is 15.1 Å². The lowest BCUT2D eigenvalue weighted by Crippen LogP contribution is -2.46. The third-order valence-electron chi connectivity index (χ3n) is 2.42. The van der Waals surface area contributed by atoms with Gasteiger partial charge >= 0.3 is 5.97 Å². The van der Waals surface area contributed by atoms with Gasteiger partial charge in [0.2, 0.25) is 5.91 Å². The van der Waals surface area contributed by atoms with E-state index in [9.17, 15) is 9.59 Å². The molecule has 1 amide bonds. The Morgan fingerprint density at radius 2 is 2.00 bits per heavy atom. The first kappa shape index (κ1) is 15.4. The number of nitrogens with zero attached hydrogens (tertiary/aromatic N) is 2. The van der Waals surface area contributed by atoms with Gasteiger partial charge in [-0.2, -0.15) is 5.26 Å². The minimum Gasteiger partial charge on any atom is -0.480 e. The fraction of sp³-hybridized carbons (Fsp3) is 0.727. The topological polar surface area (TPSA) is 90.6 Å².